The van der Waals surface area contributed by atoms with E-state index < -0.39 is 0 Å². The summed E-state index contributed by atoms with van der Waals surface area (Å²) in [6.07, 6.45) is 2.08. The van der Waals surface area contributed by atoms with Crippen LogP contribution in [0.15, 0.2) is 30.5 Å². The van der Waals surface area contributed by atoms with Crippen LogP contribution in [-0.4, -0.2) is 15.7 Å². The Morgan fingerprint density at radius 2 is 2.15 bits per heavy atom. The number of rotatable bonds is 2. The Kier molecular flexibility index (Phi) is 2.96. The molecule has 2 atom stereocenters. The van der Waals surface area contributed by atoms with Gasteiger partial charge in [-0.15, -0.1) is 0 Å². The molecular weight excluding hydrogens is 276 g/mol. The highest BCUT2D eigenvalue weighted by Gasteiger charge is 2.45. The Hall–Kier alpha value is -2.32. The molecule has 0 saturated heterocycles. The topological polar surface area (TPSA) is 84.7 Å². The number of nitrogen functional groups attached to an aromatic ring is 1. The van der Waals surface area contributed by atoms with Crippen LogP contribution in [0.25, 0.3) is 0 Å². The second-order valence-electron chi connectivity index (χ2n) is 4.81. The van der Waals surface area contributed by atoms with Gasteiger partial charge in [-0.3, -0.25) is 4.79 Å². The smallest absolute Gasteiger partial charge is 0.252 e. The lowest BCUT2D eigenvalue weighted by Crippen LogP contribution is -2.17. The van der Waals surface area contributed by atoms with E-state index in [0.29, 0.717) is 5.02 Å². The maximum atomic E-state index is 12.3. The van der Waals surface area contributed by atoms with E-state index in [0.717, 1.165) is 16.7 Å². The van der Waals surface area contributed by atoms with Crippen LogP contribution in [0.3, 0.4) is 0 Å². The summed E-state index contributed by atoms with van der Waals surface area (Å²) in [6.45, 7) is 0. The largest absolute Gasteiger partial charge is 0.382 e. The molecule has 100 valence electrons. The molecule has 0 unspecified atom stereocenters. The van der Waals surface area contributed by atoms with Gasteiger partial charge in [-0.05, 0) is 30.0 Å². The van der Waals surface area contributed by atoms with Crippen molar-refractivity contribution in [2.75, 3.05) is 5.73 Å². The quantitative estimate of drug-likeness (QED) is 0.919. The zero-order chi connectivity index (χ0) is 14.3. The fourth-order valence-corrected chi connectivity index (χ4v) is 2.45. The van der Waals surface area contributed by atoms with Gasteiger partial charge < -0.3 is 5.73 Å². The summed E-state index contributed by atoms with van der Waals surface area (Å²) in [5.41, 5.74) is 7.03. The molecule has 1 aliphatic carbocycles. The van der Waals surface area contributed by atoms with Gasteiger partial charge in [-0.25, -0.2) is 0 Å². The third kappa shape index (κ3) is 2.04. The zero-order valence-electron chi connectivity index (χ0n) is 10.5. The summed E-state index contributed by atoms with van der Waals surface area (Å²) >= 11 is 5.84. The highest BCUT2D eigenvalue weighted by atomic mass is 35.5. The van der Waals surface area contributed by atoms with E-state index in [1.807, 2.05) is 30.3 Å². The Balaban J connectivity index is 1.79. The molecule has 0 radical (unpaired) electrons. The highest BCUT2D eigenvalue weighted by molar-refractivity contribution is 6.30. The average Bonchev–Trinajstić information content (AvgIpc) is 3.16. The average molecular weight is 287 g/mol. The molecule has 1 saturated carbocycles. The van der Waals surface area contributed by atoms with Gasteiger partial charge in [-0.1, -0.05) is 23.7 Å². The van der Waals surface area contributed by atoms with Crippen molar-refractivity contribution in [2.24, 2.45) is 5.92 Å². The van der Waals surface area contributed by atoms with Crippen LogP contribution in [0, 0.1) is 17.2 Å². The van der Waals surface area contributed by atoms with Gasteiger partial charge in [0.05, 0.1) is 6.20 Å². The molecule has 2 aromatic rings. The molecule has 1 aromatic carbocycles. The van der Waals surface area contributed by atoms with Crippen LogP contribution in [-0.2, 0) is 0 Å². The number of nitrogens with two attached hydrogens (primary N) is 1. The highest BCUT2D eigenvalue weighted by Crippen LogP contribution is 2.48. The van der Waals surface area contributed by atoms with Crippen molar-refractivity contribution >= 4 is 23.3 Å². The summed E-state index contributed by atoms with van der Waals surface area (Å²) in [6, 6.07) is 9.38. The first-order valence-corrected chi connectivity index (χ1v) is 6.53. The molecule has 0 aliphatic heterocycles. The van der Waals surface area contributed by atoms with Crippen LogP contribution in [0.4, 0.5) is 5.82 Å². The SMILES string of the molecule is N#Cc1cnn(C(=O)[C@H]2C[C@@H]2c2ccc(Cl)cc2)c1N. The van der Waals surface area contributed by atoms with Crippen molar-refractivity contribution in [2.45, 2.75) is 12.3 Å². The number of nitriles is 1. The standard InChI is InChI=1S/C14H11ClN4O/c15-10-3-1-8(2-4-10)11-5-12(11)14(20)19-13(17)9(6-16)7-18-19/h1-4,7,11-12H,5,17H2/t11-,12+/m1/s1. The normalized spacial score (nSPS) is 20.4. The van der Waals surface area contributed by atoms with E-state index in [4.69, 9.17) is 22.6 Å². The lowest BCUT2D eigenvalue weighted by Gasteiger charge is -2.03. The van der Waals surface area contributed by atoms with E-state index in [1.54, 1.807) is 0 Å². The van der Waals surface area contributed by atoms with Crippen molar-refractivity contribution in [3.05, 3.63) is 46.6 Å². The van der Waals surface area contributed by atoms with Crippen molar-refractivity contribution in [3.63, 3.8) is 0 Å². The molecule has 1 aliphatic rings. The van der Waals surface area contributed by atoms with Crippen LogP contribution >= 0.6 is 11.6 Å². The molecule has 0 spiro atoms. The molecule has 1 aromatic heterocycles. The Labute approximate surface area is 120 Å². The van der Waals surface area contributed by atoms with Gasteiger partial charge in [0.2, 0.25) is 0 Å². The predicted molar refractivity (Wildman–Crippen MR) is 74.3 cm³/mol. The van der Waals surface area contributed by atoms with Gasteiger partial charge in [0.1, 0.15) is 17.5 Å². The first-order valence-electron chi connectivity index (χ1n) is 6.15. The van der Waals surface area contributed by atoms with E-state index in [-0.39, 0.29) is 29.1 Å². The first kappa shape index (κ1) is 12.7. The molecule has 6 heteroatoms. The molecule has 2 N–H and O–H groups in total. The van der Waals surface area contributed by atoms with E-state index in [9.17, 15) is 4.79 Å². The molecule has 20 heavy (non-hydrogen) atoms. The number of carbonyl (C=O) groups is 1. The number of anilines is 1. The van der Waals surface area contributed by atoms with Crippen LogP contribution in [0.5, 0.6) is 0 Å². The second kappa shape index (κ2) is 4.66. The number of hydrogen-bond donors (Lipinski definition) is 1. The van der Waals surface area contributed by atoms with Gasteiger partial charge in [0.15, 0.2) is 0 Å². The van der Waals surface area contributed by atoms with E-state index in [2.05, 4.69) is 5.10 Å². The zero-order valence-corrected chi connectivity index (χ0v) is 11.2. The number of halogens is 1. The Bertz CT molecular complexity index is 714. The molecule has 0 bridgehead atoms. The third-order valence-electron chi connectivity index (χ3n) is 3.54. The summed E-state index contributed by atoms with van der Waals surface area (Å²) in [5.74, 6) is -0.0120. The minimum Gasteiger partial charge on any atom is -0.382 e. The number of nitrogens with zero attached hydrogens (tertiary/aromatic N) is 3. The van der Waals surface area contributed by atoms with Crippen molar-refractivity contribution in [3.8, 4) is 6.07 Å². The lowest BCUT2D eigenvalue weighted by atomic mass is 10.1. The van der Waals surface area contributed by atoms with Gasteiger partial charge >= 0.3 is 0 Å². The summed E-state index contributed by atoms with van der Waals surface area (Å²) in [5, 5.41) is 13.4. The molecule has 1 heterocycles. The lowest BCUT2D eigenvalue weighted by molar-refractivity contribution is 0.0870. The number of hydrogen-bond acceptors (Lipinski definition) is 4. The van der Waals surface area contributed by atoms with Gasteiger partial charge in [-0.2, -0.15) is 15.0 Å². The monoisotopic (exact) mass is 286 g/mol. The Morgan fingerprint density at radius 1 is 1.45 bits per heavy atom. The molecule has 3 rings (SSSR count). The fraction of sp³-hybridized carbons (Fsp3) is 0.214. The van der Waals surface area contributed by atoms with Crippen LogP contribution < -0.4 is 5.73 Å². The number of carbonyl (C=O) groups excluding carboxylic acids is 1. The maximum absolute atomic E-state index is 12.3. The summed E-state index contributed by atoms with van der Waals surface area (Å²) < 4.78 is 1.12. The Morgan fingerprint density at radius 3 is 2.75 bits per heavy atom. The third-order valence-corrected chi connectivity index (χ3v) is 3.79. The summed E-state index contributed by atoms with van der Waals surface area (Å²) in [7, 11) is 0. The first-order chi connectivity index (χ1) is 9.61. The van der Waals surface area contributed by atoms with Crippen LogP contribution in [0.1, 0.15) is 28.3 Å². The minimum atomic E-state index is -0.163. The molecule has 0 amide bonds. The predicted octanol–water partition coefficient (Wildman–Crippen LogP) is 2.43. The number of benzene rings is 1. The van der Waals surface area contributed by atoms with Crippen molar-refractivity contribution in [1.29, 1.82) is 5.26 Å². The fourth-order valence-electron chi connectivity index (χ4n) is 2.32. The van der Waals surface area contributed by atoms with Crippen molar-refractivity contribution < 1.29 is 4.79 Å². The number of aromatic nitrogens is 2. The van der Waals surface area contributed by atoms with Crippen molar-refractivity contribution in [1.82, 2.24) is 9.78 Å². The van der Waals surface area contributed by atoms with E-state index >= 15 is 0 Å². The van der Waals surface area contributed by atoms with E-state index in [1.165, 1.54) is 6.20 Å². The molecule has 1 fully saturated rings. The van der Waals surface area contributed by atoms with Crippen LogP contribution in [0.2, 0.25) is 5.02 Å². The summed E-state index contributed by atoms with van der Waals surface area (Å²) in [4.78, 5) is 12.3. The van der Waals surface area contributed by atoms with Gasteiger partial charge in [0.25, 0.3) is 5.91 Å². The maximum Gasteiger partial charge on any atom is 0.252 e. The minimum absolute atomic E-state index is 0.110. The molecular formula is C14H11ClN4O. The second-order valence-corrected chi connectivity index (χ2v) is 5.24. The molecule has 5 nitrogen and oxygen atoms in total. The van der Waals surface area contributed by atoms with Gasteiger partial charge in [0, 0.05) is 10.9 Å².